The zero-order valence-electron chi connectivity index (χ0n) is 24.8. The molecule has 2 N–H and O–H groups in total. The van der Waals surface area contributed by atoms with Gasteiger partial charge in [-0.05, 0) is 55.2 Å². The average Bonchev–Trinajstić information content (AvgIpc) is 3.43. The van der Waals surface area contributed by atoms with E-state index in [-0.39, 0.29) is 44.0 Å². The lowest BCUT2D eigenvalue weighted by molar-refractivity contribution is -0.139. The normalized spacial score (nSPS) is 16.5. The zero-order chi connectivity index (χ0) is 30.2. The third-order valence-corrected chi connectivity index (χ3v) is 7.27. The van der Waals surface area contributed by atoms with Crippen LogP contribution in [0.4, 0.5) is 0 Å². The van der Waals surface area contributed by atoms with Crippen molar-refractivity contribution in [3.63, 3.8) is 0 Å². The van der Waals surface area contributed by atoms with Gasteiger partial charge >= 0.3 is 0 Å². The summed E-state index contributed by atoms with van der Waals surface area (Å²) < 4.78 is 19.4. The van der Waals surface area contributed by atoms with Crippen molar-refractivity contribution in [3.8, 4) is 28.6 Å². The number of aromatic nitrogens is 2. The number of nitrogens with one attached hydrogen (secondary N) is 2. The van der Waals surface area contributed by atoms with Gasteiger partial charge in [0.15, 0.2) is 18.1 Å². The van der Waals surface area contributed by atoms with Crippen molar-refractivity contribution in [2.24, 2.45) is 5.92 Å². The van der Waals surface area contributed by atoms with Crippen LogP contribution in [0, 0.1) is 19.8 Å². The van der Waals surface area contributed by atoms with Crippen molar-refractivity contribution in [1.29, 1.82) is 0 Å². The molecule has 2 heterocycles. The van der Waals surface area contributed by atoms with E-state index in [1.807, 2.05) is 62.7 Å². The minimum Gasteiger partial charge on any atom is -0.493 e. The Balaban J connectivity index is 1.60. The maximum atomic E-state index is 13.3. The highest BCUT2D eigenvalue weighted by molar-refractivity contribution is 5.90. The number of methoxy groups -OCH3 is 1. The van der Waals surface area contributed by atoms with E-state index in [9.17, 15) is 14.4 Å². The molecule has 11 nitrogen and oxygen atoms in total. The Kier molecular flexibility index (Phi) is 10.1. The third-order valence-electron chi connectivity index (χ3n) is 7.27. The van der Waals surface area contributed by atoms with Crippen LogP contribution in [0.25, 0.3) is 11.4 Å². The molecule has 1 atom stereocenters. The van der Waals surface area contributed by atoms with Crippen molar-refractivity contribution in [1.82, 2.24) is 25.1 Å². The fourth-order valence-corrected chi connectivity index (χ4v) is 4.68. The van der Waals surface area contributed by atoms with E-state index in [0.29, 0.717) is 36.2 Å². The molecule has 1 aliphatic heterocycles. The Morgan fingerprint density at radius 2 is 1.95 bits per heavy atom. The lowest BCUT2D eigenvalue weighted by Gasteiger charge is -2.26. The molecule has 0 unspecified atom stereocenters. The first-order chi connectivity index (χ1) is 20.2. The van der Waals surface area contributed by atoms with E-state index >= 15 is 0 Å². The molecule has 0 saturated carbocycles. The van der Waals surface area contributed by atoms with Gasteiger partial charge in [0.1, 0.15) is 24.2 Å². The molecule has 42 heavy (non-hydrogen) atoms. The lowest BCUT2D eigenvalue weighted by Crippen LogP contribution is -2.53. The molecule has 3 aromatic rings. The van der Waals surface area contributed by atoms with E-state index < -0.39 is 11.9 Å². The average molecular weight is 578 g/mol. The first-order valence-electron chi connectivity index (χ1n) is 14.0. The summed E-state index contributed by atoms with van der Waals surface area (Å²) in [5.74, 6) is 0.998. The van der Waals surface area contributed by atoms with Gasteiger partial charge in [0.25, 0.3) is 5.91 Å². The molecule has 2 bridgehead atoms. The van der Waals surface area contributed by atoms with Crippen LogP contribution < -0.4 is 24.8 Å². The summed E-state index contributed by atoms with van der Waals surface area (Å²) >= 11 is 0. The molecule has 11 heteroatoms. The molecule has 4 rings (SSSR count). The Labute approximate surface area is 246 Å². The molecule has 0 fully saturated rings. The highest BCUT2D eigenvalue weighted by Crippen LogP contribution is 2.32. The molecule has 0 aliphatic carbocycles. The van der Waals surface area contributed by atoms with Gasteiger partial charge in [-0.3, -0.25) is 14.4 Å². The van der Waals surface area contributed by atoms with Crippen molar-refractivity contribution in [2.45, 2.75) is 40.3 Å². The SMILES string of the molecule is COc1ccc2cc1OCCN(C(=O)COc1cccc(C)c1C)CC(=O)N[C@H](C(C)C)C(=O)NCCn1ccnc1-2. The number of carbonyl (C=O) groups excluding carboxylic acids is 3. The number of hydrogen-bond acceptors (Lipinski definition) is 7. The molecular weight excluding hydrogens is 538 g/mol. The topological polar surface area (TPSA) is 124 Å². The molecule has 1 aliphatic rings. The molecule has 3 amide bonds. The van der Waals surface area contributed by atoms with E-state index in [1.165, 1.54) is 4.90 Å². The van der Waals surface area contributed by atoms with Crippen molar-refractivity contribution < 1.29 is 28.6 Å². The molecule has 0 spiro atoms. The molecular formula is C31H39N5O6. The smallest absolute Gasteiger partial charge is 0.261 e. The fraction of sp³-hybridized carbons (Fsp3) is 0.419. The number of fused-ring (bicyclic) bond motifs is 4. The second-order valence-corrected chi connectivity index (χ2v) is 10.5. The standard InChI is InChI=1S/C31H39N5O6/c1-20(2)29-31(39)33-12-14-35-13-11-32-30(35)23-9-10-25(40-5)26(17-23)41-16-15-36(18-27(37)34-29)28(38)19-42-24-8-6-7-21(3)22(24)4/h6-11,13,17,20,29H,12,14-16,18-19H2,1-5H3,(H,33,39)(H,34,37)/t29-/m1/s1. The minimum atomic E-state index is -0.769. The van der Waals surface area contributed by atoms with Gasteiger partial charge in [0.05, 0.1) is 20.2 Å². The third kappa shape index (κ3) is 7.39. The number of imidazole rings is 1. The predicted molar refractivity (Wildman–Crippen MR) is 157 cm³/mol. The van der Waals surface area contributed by atoms with Gasteiger partial charge in [-0.1, -0.05) is 26.0 Å². The molecule has 2 aromatic carbocycles. The summed E-state index contributed by atoms with van der Waals surface area (Å²) in [6, 6.07) is 10.4. The number of benzene rings is 2. The number of ether oxygens (including phenoxy) is 3. The van der Waals surface area contributed by atoms with Crippen molar-refractivity contribution in [2.75, 3.05) is 40.0 Å². The van der Waals surface area contributed by atoms with Gasteiger partial charge in [-0.2, -0.15) is 0 Å². The summed E-state index contributed by atoms with van der Waals surface area (Å²) in [7, 11) is 1.55. The van der Waals surface area contributed by atoms with Gasteiger partial charge in [-0.15, -0.1) is 0 Å². The molecule has 224 valence electrons. The summed E-state index contributed by atoms with van der Waals surface area (Å²) in [5, 5.41) is 5.73. The zero-order valence-corrected chi connectivity index (χ0v) is 24.8. The van der Waals surface area contributed by atoms with Crippen LogP contribution >= 0.6 is 0 Å². The van der Waals surface area contributed by atoms with Crippen molar-refractivity contribution in [3.05, 3.63) is 59.9 Å². The molecule has 1 aromatic heterocycles. The Hall–Kier alpha value is -4.54. The largest absolute Gasteiger partial charge is 0.493 e. The first-order valence-corrected chi connectivity index (χ1v) is 14.0. The Bertz CT molecular complexity index is 1420. The summed E-state index contributed by atoms with van der Waals surface area (Å²) in [6.45, 7) is 8.09. The predicted octanol–water partition coefficient (Wildman–Crippen LogP) is 2.73. The number of amides is 3. The summed E-state index contributed by atoms with van der Waals surface area (Å²) in [6.07, 6.45) is 3.53. The molecule has 0 saturated heterocycles. The Morgan fingerprint density at radius 3 is 2.71 bits per heavy atom. The lowest BCUT2D eigenvalue weighted by atomic mass is 10.0. The maximum absolute atomic E-state index is 13.3. The monoisotopic (exact) mass is 577 g/mol. The van der Waals surface area contributed by atoms with Gasteiger partial charge < -0.3 is 34.3 Å². The van der Waals surface area contributed by atoms with Gasteiger partial charge in [0.2, 0.25) is 11.8 Å². The Morgan fingerprint density at radius 1 is 1.14 bits per heavy atom. The van der Waals surface area contributed by atoms with Crippen LogP contribution in [0.2, 0.25) is 0 Å². The number of rotatable bonds is 5. The van der Waals surface area contributed by atoms with Crippen LogP contribution in [0.1, 0.15) is 25.0 Å². The number of carbonyl (C=O) groups is 3. The van der Waals surface area contributed by atoms with Crippen LogP contribution in [-0.4, -0.2) is 78.2 Å². The summed E-state index contributed by atoms with van der Waals surface area (Å²) in [4.78, 5) is 45.4. The highest BCUT2D eigenvalue weighted by atomic mass is 16.5. The van der Waals surface area contributed by atoms with Gasteiger partial charge in [-0.25, -0.2) is 4.98 Å². The quantitative estimate of drug-likeness (QED) is 0.478. The fourth-order valence-electron chi connectivity index (χ4n) is 4.68. The van der Waals surface area contributed by atoms with Crippen molar-refractivity contribution >= 4 is 17.7 Å². The number of aryl methyl sites for hydroxylation is 1. The van der Waals surface area contributed by atoms with Crippen LogP contribution in [0.5, 0.6) is 17.2 Å². The van der Waals surface area contributed by atoms with E-state index in [0.717, 1.165) is 16.7 Å². The van der Waals surface area contributed by atoms with Crippen LogP contribution in [0.15, 0.2) is 48.8 Å². The second-order valence-electron chi connectivity index (χ2n) is 10.5. The van der Waals surface area contributed by atoms with Crippen LogP contribution in [-0.2, 0) is 20.9 Å². The molecule has 0 radical (unpaired) electrons. The number of hydrogen-bond donors (Lipinski definition) is 2. The van der Waals surface area contributed by atoms with E-state index in [4.69, 9.17) is 14.2 Å². The van der Waals surface area contributed by atoms with Gasteiger partial charge in [0, 0.05) is 31.0 Å². The van der Waals surface area contributed by atoms with Crippen LogP contribution in [0.3, 0.4) is 0 Å². The minimum absolute atomic E-state index is 0.0881. The maximum Gasteiger partial charge on any atom is 0.261 e. The van der Waals surface area contributed by atoms with E-state index in [1.54, 1.807) is 25.4 Å². The first kappa shape index (κ1) is 30.4. The highest BCUT2D eigenvalue weighted by Gasteiger charge is 2.26. The number of nitrogens with zero attached hydrogens (tertiary/aromatic N) is 3. The van der Waals surface area contributed by atoms with E-state index in [2.05, 4.69) is 15.6 Å². The second kappa shape index (κ2) is 13.9. The summed E-state index contributed by atoms with van der Waals surface area (Å²) in [5.41, 5.74) is 2.79.